The van der Waals surface area contributed by atoms with Crippen molar-refractivity contribution in [2.45, 2.75) is 19.7 Å². The molecule has 0 spiro atoms. The van der Waals surface area contributed by atoms with Crippen LogP contribution in [0.3, 0.4) is 0 Å². The largest absolute Gasteiger partial charge is 0.493 e. The van der Waals surface area contributed by atoms with E-state index in [-0.39, 0.29) is 0 Å². The van der Waals surface area contributed by atoms with Crippen LogP contribution in [-0.2, 0) is 19.7 Å². The minimum Gasteiger partial charge on any atom is -0.493 e. The van der Waals surface area contributed by atoms with Gasteiger partial charge in [-0.3, -0.25) is 0 Å². The van der Waals surface area contributed by atoms with E-state index in [1.54, 1.807) is 23.9 Å². The second-order valence-corrected chi connectivity index (χ2v) is 6.62. The van der Waals surface area contributed by atoms with Crippen molar-refractivity contribution in [2.24, 2.45) is 0 Å². The summed E-state index contributed by atoms with van der Waals surface area (Å²) < 4.78 is 12.9. The molecule has 0 aliphatic heterocycles. The molecule has 3 aromatic rings. The van der Waals surface area contributed by atoms with Crippen LogP contribution in [0.5, 0.6) is 11.5 Å². The fourth-order valence-electron chi connectivity index (χ4n) is 2.51. The molecule has 0 aliphatic carbocycles. The van der Waals surface area contributed by atoms with Crippen molar-refractivity contribution in [3.63, 3.8) is 0 Å². The Balaban J connectivity index is 1.73. The zero-order valence-corrected chi connectivity index (χ0v) is 16.7. The number of aromatic nitrogens is 4. The van der Waals surface area contributed by atoms with Crippen LogP contribution in [0.2, 0.25) is 10.0 Å². The van der Waals surface area contributed by atoms with Gasteiger partial charge in [0, 0.05) is 28.2 Å². The van der Waals surface area contributed by atoms with Crippen molar-refractivity contribution >= 4 is 29.2 Å². The maximum absolute atomic E-state index is 6.44. The summed E-state index contributed by atoms with van der Waals surface area (Å²) in [6, 6.07) is 11.0. The van der Waals surface area contributed by atoms with E-state index in [1.807, 2.05) is 30.3 Å². The van der Waals surface area contributed by atoms with Gasteiger partial charge >= 0.3 is 0 Å². The lowest BCUT2D eigenvalue weighted by atomic mass is 10.2. The van der Waals surface area contributed by atoms with Crippen LogP contribution in [-0.4, -0.2) is 27.3 Å². The Morgan fingerprint density at radius 2 is 1.96 bits per heavy atom. The summed E-state index contributed by atoms with van der Waals surface area (Å²) in [5, 5.41) is 15.8. The topological polar surface area (TPSA) is 74.1 Å². The van der Waals surface area contributed by atoms with Gasteiger partial charge < -0.3 is 14.8 Å². The summed E-state index contributed by atoms with van der Waals surface area (Å²) in [6.07, 6.45) is 1.71. The molecule has 146 valence electrons. The molecule has 0 bridgehead atoms. The molecule has 0 saturated carbocycles. The summed E-state index contributed by atoms with van der Waals surface area (Å²) in [6.45, 7) is 4.90. The minimum atomic E-state index is 0.306. The highest BCUT2D eigenvalue weighted by molar-refractivity contribution is 6.31. The zero-order valence-electron chi connectivity index (χ0n) is 15.2. The highest BCUT2D eigenvalue weighted by atomic mass is 35.5. The normalized spacial score (nSPS) is 10.5. The van der Waals surface area contributed by atoms with Crippen LogP contribution in [0.25, 0.3) is 0 Å². The highest BCUT2D eigenvalue weighted by Gasteiger charge is 2.13. The van der Waals surface area contributed by atoms with Gasteiger partial charge in [0.15, 0.2) is 11.5 Å². The number of allylic oxidation sites excluding steroid dienone is 1. The van der Waals surface area contributed by atoms with E-state index in [0.717, 1.165) is 11.1 Å². The van der Waals surface area contributed by atoms with E-state index in [9.17, 15) is 0 Å². The quantitative estimate of drug-likeness (QED) is 0.519. The van der Waals surface area contributed by atoms with Gasteiger partial charge in [0.1, 0.15) is 6.61 Å². The summed E-state index contributed by atoms with van der Waals surface area (Å²) >= 11 is 12.6. The molecule has 0 fully saturated rings. The van der Waals surface area contributed by atoms with Gasteiger partial charge in [-0.25, -0.2) is 4.68 Å². The first-order valence-electron chi connectivity index (χ1n) is 8.46. The van der Waals surface area contributed by atoms with Crippen LogP contribution in [0, 0.1) is 0 Å². The zero-order chi connectivity index (χ0) is 19.9. The van der Waals surface area contributed by atoms with Crippen molar-refractivity contribution in [1.82, 2.24) is 20.2 Å². The van der Waals surface area contributed by atoms with Crippen LogP contribution in [0.15, 0.2) is 49.1 Å². The second kappa shape index (κ2) is 9.43. The fraction of sp³-hybridized carbons (Fsp3) is 0.211. The van der Waals surface area contributed by atoms with Crippen LogP contribution >= 0.6 is 23.2 Å². The van der Waals surface area contributed by atoms with Crippen LogP contribution in [0.1, 0.15) is 11.1 Å². The highest BCUT2D eigenvalue weighted by Crippen LogP contribution is 2.34. The van der Waals surface area contributed by atoms with Crippen molar-refractivity contribution in [1.29, 1.82) is 0 Å². The molecule has 1 heterocycles. The van der Waals surface area contributed by atoms with Crippen molar-refractivity contribution in [3.05, 3.63) is 70.2 Å². The van der Waals surface area contributed by atoms with E-state index in [1.165, 1.54) is 0 Å². The van der Waals surface area contributed by atoms with Gasteiger partial charge in [-0.2, -0.15) is 0 Å². The van der Waals surface area contributed by atoms with E-state index in [0.29, 0.717) is 47.2 Å². The first kappa shape index (κ1) is 20.0. The number of nitrogens with one attached hydrogen (secondary N) is 1. The average molecular weight is 420 g/mol. The number of tetrazole rings is 1. The van der Waals surface area contributed by atoms with Gasteiger partial charge in [-0.15, -0.1) is 6.58 Å². The van der Waals surface area contributed by atoms with E-state index < -0.39 is 0 Å². The Bertz CT molecular complexity index is 961. The molecule has 28 heavy (non-hydrogen) atoms. The Hall–Kier alpha value is -2.77. The third kappa shape index (κ3) is 4.74. The third-order valence-corrected chi connectivity index (χ3v) is 4.67. The molecule has 0 aliphatic rings. The molecule has 0 saturated heterocycles. The molecule has 0 atom stereocenters. The number of rotatable bonds is 9. The van der Waals surface area contributed by atoms with E-state index >= 15 is 0 Å². The Morgan fingerprint density at radius 1 is 1.14 bits per heavy atom. The molecule has 1 aromatic heterocycles. The Kier molecular flexibility index (Phi) is 6.73. The molecule has 2 aromatic carbocycles. The van der Waals surface area contributed by atoms with E-state index in [2.05, 4.69) is 27.4 Å². The van der Waals surface area contributed by atoms with Gasteiger partial charge in [-0.1, -0.05) is 52.6 Å². The molecule has 3 rings (SSSR count). The number of benzene rings is 2. The maximum Gasteiger partial charge on any atom is 0.243 e. The molecular weight excluding hydrogens is 401 g/mol. The first-order valence-corrected chi connectivity index (χ1v) is 9.21. The van der Waals surface area contributed by atoms with Gasteiger partial charge in [0.2, 0.25) is 5.95 Å². The number of ether oxygens (including phenoxy) is 2. The van der Waals surface area contributed by atoms with Gasteiger partial charge in [-0.05, 0) is 28.1 Å². The number of hydrogen-bond acceptors (Lipinski definition) is 6. The van der Waals surface area contributed by atoms with Crippen LogP contribution < -0.4 is 14.8 Å². The molecule has 7 nitrogen and oxygen atoms in total. The molecule has 0 radical (unpaired) electrons. The molecule has 9 heteroatoms. The molecule has 0 amide bonds. The Morgan fingerprint density at radius 3 is 2.71 bits per heavy atom. The number of halogens is 2. The van der Waals surface area contributed by atoms with E-state index in [4.69, 9.17) is 32.7 Å². The standard InChI is InChI=1S/C19H19Cl2N5O2/c1-3-8-26-19(23-24-25-26)22-11-14-9-17(27-2)18(10-16(14)21)28-12-13-6-4-5-7-15(13)20/h3-7,9-10H,1,8,11-12H2,2H3,(H,22,23,25). The molecular formula is C19H19Cl2N5O2. The summed E-state index contributed by atoms with van der Waals surface area (Å²) in [4.78, 5) is 0. The van der Waals surface area contributed by atoms with Crippen molar-refractivity contribution in [2.75, 3.05) is 12.4 Å². The number of hydrogen-bond donors (Lipinski definition) is 1. The predicted molar refractivity (Wildman–Crippen MR) is 109 cm³/mol. The number of nitrogens with zero attached hydrogens (tertiary/aromatic N) is 4. The summed E-state index contributed by atoms with van der Waals surface area (Å²) in [7, 11) is 1.58. The first-order chi connectivity index (χ1) is 13.6. The van der Waals surface area contributed by atoms with Gasteiger partial charge in [0.25, 0.3) is 0 Å². The molecule has 0 unspecified atom stereocenters. The summed E-state index contributed by atoms with van der Waals surface area (Å²) in [5.41, 5.74) is 1.69. The van der Waals surface area contributed by atoms with Crippen molar-refractivity contribution in [3.8, 4) is 11.5 Å². The fourth-order valence-corrected chi connectivity index (χ4v) is 2.92. The summed E-state index contributed by atoms with van der Waals surface area (Å²) in [5.74, 6) is 1.63. The lowest BCUT2D eigenvalue weighted by molar-refractivity contribution is 0.284. The second-order valence-electron chi connectivity index (χ2n) is 5.80. The minimum absolute atomic E-state index is 0.306. The predicted octanol–water partition coefficient (Wildman–Crippen LogP) is 4.37. The van der Waals surface area contributed by atoms with Gasteiger partial charge in [0.05, 0.1) is 13.7 Å². The lowest BCUT2D eigenvalue weighted by Gasteiger charge is -2.15. The number of methoxy groups -OCH3 is 1. The Labute approximate surface area is 172 Å². The van der Waals surface area contributed by atoms with Crippen molar-refractivity contribution < 1.29 is 9.47 Å². The maximum atomic E-state index is 6.44. The monoisotopic (exact) mass is 419 g/mol. The lowest BCUT2D eigenvalue weighted by Crippen LogP contribution is -2.09. The average Bonchev–Trinajstić information content (AvgIpc) is 3.14. The van der Waals surface area contributed by atoms with Crippen LogP contribution in [0.4, 0.5) is 5.95 Å². The third-order valence-electron chi connectivity index (χ3n) is 3.94. The SMILES string of the molecule is C=CCn1nnnc1NCc1cc(OC)c(OCc2ccccc2Cl)cc1Cl. The number of anilines is 1. The smallest absolute Gasteiger partial charge is 0.243 e. The molecule has 1 N–H and O–H groups in total.